The van der Waals surface area contributed by atoms with Crippen LogP contribution in [0, 0.1) is 0 Å². The van der Waals surface area contributed by atoms with E-state index in [4.69, 9.17) is 9.15 Å². The SMILES string of the molecule is COC(C)c1nnc(-c2ccc(S(=O)(=O)N3CCCC3)cc2)o1. The van der Waals surface area contributed by atoms with Crippen molar-refractivity contribution >= 4 is 10.0 Å². The zero-order valence-electron chi connectivity index (χ0n) is 13.1. The first-order valence-electron chi connectivity index (χ1n) is 7.49. The van der Waals surface area contributed by atoms with E-state index in [0.29, 0.717) is 30.4 Å². The van der Waals surface area contributed by atoms with Gasteiger partial charge in [-0.05, 0) is 44.0 Å². The number of hydrogen-bond donors (Lipinski definition) is 0. The molecule has 1 atom stereocenters. The molecule has 2 aromatic rings. The minimum atomic E-state index is -3.40. The van der Waals surface area contributed by atoms with Crippen LogP contribution in [-0.2, 0) is 14.8 Å². The average molecular weight is 337 g/mol. The highest BCUT2D eigenvalue weighted by Gasteiger charge is 2.27. The van der Waals surface area contributed by atoms with Gasteiger partial charge in [-0.2, -0.15) is 4.31 Å². The summed E-state index contributed by atoms with van der Waals surface area (Å²) in [5.41, 5.74) is 0.674. The molecule has 0 spiro atoms. The molecule has 7 nitrogen and oxygen atoms in total. The Morgan fingerprint density at radius 3 is 2.43 bits per heavy atom. The van der Waals surface area contributed by atoms with Crippen molar-refractivity contribution in [3.63, 3.8) is 0 Å². The normalized spacial score (nSPS) is 17.5. The van der Waals surface area contributed by atoms with Crippen LogP contribution in [-0.4, -0.2) is 43.1 Å². The van der Waals surface area contributed by atoms with Crippen LogP contribution in [0.4, 0.5) is 0 Å². The first-order valence-corrected chi connectivity index (χ1v) is 8.93. The van der Waals surface area contributed by atoms with E-state index in [1.807, 2.05) is 6.92 Å². The molecule has 1 aromatic heterocycles. The smallest absolute Gasteiger partial charge is 0.247 e. The summed E-state index contributed by atoms with van der Waals surface area (Å²) in [6, 6.07) is 6.51. The topological polar surface area (TPSA) is 85.5 Å². The highest BCUT2D eigenvalue weighted by molar-refractivity contribution is 7.89. The van der Waals surface area contributed by atoms with Crippen molar-refractivity contribution in [2.45, 2.75) is 30.8 Å². The fourth-order valence-corrected chi connectivity index (χ4v) is 3.98. The van der Waals surface area contributed by atoms with E-state index in [1.54, 1.807) is 31.4 Å². The number of sulfonamides is 1. The summed E-state index contributed by atoms with van der Waals surface area (Å²) in [7, 11) is -1.84. The second-order valence-corrected chi connectivity index (χ2v) is 7.40. The van der Waals surface area contributed by atoms with Crippen LogP contribution < -0.4 is 0 Å². The highest BCUT2D eigenvalue weighted by atomic mass is 32.2. The number of hydrogen-bond acceptors (Lipinski definition) is 6. The molecule has 23 heavy (non-hydrogen) atoms. The lowest BCUT2D eigenvalue weighted by Gasteiger charge is -2.15. The van der Waals surface area contributed by atoms with Gasteiger partial charge in [-0.3, -0.25) is 0 Å². The minimum Gasteiger partial charge on any atom is -0.418 e. The van der Waals surface area contributed by atoms with E-state index >= 15 is 0 Å². The summed E-state index contributed by atoms with van der Waals surface area (Å²) in [5.74, 6) is 0.727. The highest BCUT2D eigenvalue weighted by Crippen LogP contribution is 2.25. The predicted octanol–water partition coefficient (Wildman–Crippen LogP) is 2.23. The third-order valence-corrected chi connectivity index (χ3v) is 5.86. The van der Waals surface area contributed by atoms with E-state index in [-0.39, 0.29) is 11.0 Å². The Morgan fingerprint density at radius 2 is 1.83 bits per heavy atom. The summed E-state index contributed by atoms with van der Waals surface area (Å²) < 4.78 is 37.1. The Balaban J connectivity index is 1.83. The van der Waals surface area contributed by atoms with Gasteiger partial charge in [0, 0.05) is 25.8 Å². The van der Waals surface area contributed by atoms with E-state index < -0.39 is 10.0 Å². The third kappa shape index (κ3) is 3.15. The Labute approximate surface area is 135 Å². The molecule has 0 aliphatic carbocycles. The number of ether oxygens (including phenoxy) is 1. The molecule has 0 saturated carbocycles. The molecule has 1 saturated heterocycles. The zero-order valence-corrected chi connectivity index (χ0v) is 13.9. The Morgan fingerprint density at radius 1 is 1.17 bits per heavy atom. The van der Waals surface area contributed by atoms with Crippen molar-refractivity contribution in [3.05, 3.63) is 30.2 Å². The lowest BCUT2D eigenvalue weighted by Crippen LogP contribution is -2.27. The second kappa shape index (κ2) is 6.38. The fourth-order valence-electron chi connectivity index (χ4n) is 2.46. The summed E-state index contributed by atoms with van der Waals surface area (Å²) in [6.45, 7) is 2.99. The molecule has 2 heterocycles. The molecule has 0 amide bonds. The fraction of sp³-hybridized carbons (Fsp3) is 0.467. The molecular formula is C15H19N3O4S. The molecule has 1 aliphatic heterocycles. The molecule has 3 rings (SSSR count). The van der Waals surface area contributed by atoms with Crippen molar-refractivity contribution in [2.75, 3.05) is 20.2 Å². The monoisotopic (exact) mass is 337 g/mol. The van der Waals surface area contributed by atoms with E-state index in [1.165, 1.54) is 4.31 Å². The first kappa shape index (κ1) is 16.1. The summed E-state index contributed by atoms with van der Waals surface area (Å²) in [5, 5.41) is 7.90. The van der Waals surface area contributed by atoms with E-state index in [2.05, 4.69) is 10.2 Å². The predicted molar refractivity (Wildman–Crippen MR) is 83.2 cm³/mol. The zero-order chi connectivity index (χ0) is 16.4. The van der Waals surface area contributed by atoms with Crippen LogP contribution in [0.5, 0.6) is 0 Å². The first-order chi connectivity index (χ1) is 11.0. The number of methoxy groups -OCH3 is 1. The van der Waals surface area contributed by atoms with Crippen molar-refractivity contribution < 1.29 is 17.6 Å². The van der Waals surface area contributed by atoms with Gasteiger partial charge in [0.2, 0.25) is 21.8 Å². The molecule has 1 fully saturated rings. The van der Waals surface area contributed by atoms with Gasteiger partial charge >= 0.3 is 0 Å². The van der Waals surface area contributed by atoms with Crippen LogP contribution in [0.2, 0.25) is 0 Å². The summed E-state index contributed by atoms with van der Waals surface area (Å²) in [4.78, 5) is 0.285. The molecule has 124 valence electrons. The maximum atomic E-state index is 12.5. The van der Waals surface area contributed by atoms with Crippen LogP contribution in [0.25, 0.3) is 11.5 Å². The van der Waals surface area contributed by atoms with Crippen molar-refractivity contribution in [1.82, 2.24) is 14.5 Å². The maximum Gasteiger partial charge on any atom is 0.247 e. The average Bonchev–Trinajstić information content (AvgIpc) is 3.26. The van der Waals surface area contributed by atoms with E-state index in [9.17, 15) is 8.42 Å². The minimum absolute atomic E-state index is 0.285. The van der Waals surface area contributed by atoms with Gasteiger partial charge in [-0.25, -0.2) is 8.42 Å². The Kier molecular flexibility index (Phi) is 4.47. The van der Waals surface area contributed by atoms with Crippen molar-refractivity contribution in [3.8, 4) is 11.5 Å². The Hall–Kier alpha value is -1.77. The maximum absolute atomic E-state index is 12.5. The van der Waals surface area contributed by atoms with E-state index in [0.717, 1.165) is 12.8 Å². The van der Waals surface area contributed by atoms with Gasteiger partial charge in [0.05, 0.1) is 4.90 Å². The molecule has 0 N–H and O–H groups in total. The van der Waals surface area contributed by atoms with Gasteiger partial charge in [0.15, 0.2) is 0 Å². The number of aromatic nitrogens is 2. The lowest BCUT2D eigenvalue weighted by molar-refractivity contribution is 0.0952. The Bertz CT molecular complexity index is 764. The number of nitrogens with zero attached hydrogens (tertiary/aromatic N) is 3. The van der Waals surface area contributed by atoms with Crippen molar-refractivity contribution in [1.29, 1.82) is 0 Å². The molecule has 1 aromatic carbocycles. The van der Waals surface area contributed by atoms with Crippen LogP contribution in [0.1, 0.15) is 31.8 Å². The molecule has 8 heteroatoms. The summed E-state index contributed by atoms with van der Waals surface area (Å²) >= 11 is 0. The standard InChI is InChI=1S/C15H19N3O4S/c1-11(21-2)14-16-17-15(22-14)12-5-7-13(8-6-12)23(19,20)18-9-3-4-10-18/h5-8,11H,3-4,9-10H2,1-2H3. The van der Waals surface area contributed by atoms with Crippen LogP contribution >= 0.6 is 0 Å². The van der Waals surface area contributed by atoms with Gasteiger partial charge in [0.25, 0.3) is 0 Å². The molecule has 1 aliphatic rings. The lowest BCUT2D eigenvalue weighted by atomic mass is 10.2. The van der Waals surface area contributed by atoms with Gasteiger partial charge < -0.3 is 9.15 Å². The van der Waals surface area contributed by atoms with Gasteiger partial charge in [-0.15, -0.1) is 10.2 Å². The molecular weight excluding hydrogens is 318 g/mol. The number of benzene rings is 1. The van der Waals surface area contributed by atoms with Gasteiger partial charge in [0.1, 0.15) is 6.10 Å². The van der Waals surface area contributed by atoms with Crippen LogP contribution in [0.15, 0.2) is 33.6 Å². The van der Waals surface area contributed by atoms with Gasteiger partial charge in [-0.1, -0.05) is 0 Å². The molecule has 1 unspecified atom stereocenters. The summed E-state index contributed by atoms with van der Waals surface area (Å²) in [6.07, 6.45) is 1.55. The van der Waals surface area contributed by atoms with Crippen molar-refractivity contribution in [2.24, 2.45) is 0 Å². The molecule has 0 radical (unpaired) electrons. The molecule has 0 bridgehead atoms. The third-order valence-electron chi connectivity index (χ3n) is 3.95. The van der Waals surface area contributed by atoms with Crippen LogP contribution in [0.3, 0.4) is 0 Å². The largest absolute Gasteiger partial charge is 0.418 e. The number of rotatable bonds is 5. The quantitative estimate of drug-likeness (QED) is 0.831. The second-order valence-electron chi connectivity index (χ2n) is 5.46.